The lowest BCUT2D eigenvalue weighted by molar-refractivity contribution is -0.117. The first-order valence-electron chi connectivity index (χ1n) is 5.20. The van der Waals surface area contributed by atoms with E-state index in [-0.39, 0.29) is 11.9 Å². The first-order valence-corrected chi connectivity index (χ1v) is 6.74. The van der Waals surface area contributed by atoms with Gasteiger partial charge >= 0.3 is 0 Å². The van der Waals surface area contributed by atoms with Crippen molar-refractivity contribution in [2.75, 3.05) is 28.3 Å². The van der Waals surface area contributed by atoms with E-state index < -0.39 is 0 Å². The van der Waals surface area contributed by atoms with Gasteiger partial charge in [0.25, 0.3) is 0 Å². The van der Waals surface area contributed by atoms with E-state index >= 15 is 0 Å². The maximum Gasteiger partial charge on any atom is 0.247 e. The minimum Gasteiger partial charge on any atom is -0.356 e. The molecule has 1 fully saturated rings. The second-order valence-corrected chi connectivity index (χ2v) is 5.52. The van der Waals surface area contributed by atoms with E-state index in [1.54, 1.807) is 0 Å². The topological polar surface area (TPSA) is 32.3 Å². The van der Waals surface area contributed by atoms with Gasteiger partial charge in [0, 0.05) is 23.1 Å². The van der Waals surface area contributed by atoms with E-state index in [4.69, 9.17) is 11.6 Å². The van der Waals surface area contributed by atoms with Crippen LogP contribution in [0.2, 0.25) is 5.02 Å². The SMILES string of the molecule is O=C1Nc2cc(Cl)ccc2N2CCSCC12. The van der Waals surface area contributed by atoms with Gasteiger partial charge in [0.05, 0.1) is 11.4 Å². The first kappa shape index (κ1) is 10.3. The summed E-state index contributed by atoms with van der Waals surface area (Å²) >= 11 is 7.76. The molecule has 84 valence electrons. The quantitative estimate of drug-likeness (QED) is 0.771. The highest BCUT2D eigenvalue weighted by atomic mass is 35.5. The number of carbonyl (C=O) groups excluding carboxylic acids is 1. The van der Waals surface area contributed by atoms with Crippen molar-refractivity contribution in [3.8, 4) is 0 Å². The molecule has 2 aliphatic heterocycles. The fourth-order valence-electron chi connectivity index (χ4n) is 2.18. The molecule has 16 heavy (non-hydrogen) atoms. The molecule has 2 heterocycles. The van der Waals surface area contributed by atoms with Crippen molar-refractivity contribution < 1.29 is 4.79 Å². The average Bonchev–Trinajstić information content (AvgIpc) is 2.29. The molecule has 0 aliphatic carbocycles. The maximum atomic E-state index is 11.9. The van der Waals surface area contributed by atoms with Gasteiger partial charge in [-0.25, -0.2) is 0 Å². The summed E-state index contributed by atoms with van der Waals surface area (Å²) in [6.07, 6.45) is 0. The molecule has 2 aliphatic rings. The summed E-state index contributed by atoms with van der Waals surface area (Å²) in [5, 5.41) is 3.58. The molecule has 1 aromatic rings. The van der Waals surface area contributed by atoms with Gasteiger partial charge in [-0.1, -0.05) is 11.6 Å². The van der Waals surface area contributed by atoms with Crippen LogP contribution < -0.4 is 10.2 Å². The average molecular weight is 255 g/mol. The minimum absolute atomic E-state index is 0.0209. The third-order valence-electron chi connectivity index (χ3n) is 2.96. The lowest BCUT2D eigenvalue weighted by Gasteiger charge is -2.40. The molecule has 0 radical (unpaired) electrons. The normalized spacial score (nSPS) is 23.4. The highest BCUT2D eigenvalue weighted by Gasteiger charge is 2.34. The summed E-state index contributed by atoms with van der Waals surface area (Å²) in [5.74, 6) is 2.03. The van der Waals surface area contributed by atoms with Gasteiger partial charge in [-0.15, -0.1) is 0 Å². The van der Waals surface area contributed by atoms with E-state index in [0.717, 1.165) is 29.4 Å². The minimum atomic E-state index is -0.0209. The Bertz CT molecular complexity index is 452. The largest absolute Gasteiger partial charge is 0.356 e. The molecule has 3 rings (SSSR count). The number of hydrogen-bond donors (Lipinski definition) is 1. The molecule has 1 amide bonds. The van der Waals surface area contributed by atoms with Crippen molar-refractivity contribution in [2.24, 2.45) is 0 Å². The Hall–Kier alpha value is -0.870. The fourth-order valence-corrected chi connectivity index (χ4v) is 3.40. The van der Waals surface area contributed by atoms with Crippen LogP contribution in [0.4, 0.5) is 11.4 Å². The predicted molar refractivity (Wildman–Crippen MR) is 68.5 cm³/mol. The monoisotopic (exact) mass is 254 g/mol. The van der Waals surface area contributed by atoms with Gasteiger partial charge in [-0.2, -0.15) is 11.8 Å². The van der Waals surface area contributed by atoms with E-state index in [1.165, 1.54) is 0 Å². The molecule has 3 nitrogen and oxygen atoms in total. The summed E-state index contributed by atoms with van der Waals surface area (Å²) in [7, 11) is 0. The zero-order valence-electron chi connectivity index (χ0n) is 8.57. The number of nitrogens with zero attached hydrogens (tertiary/aromatic N) is 1. The van der Waals surface area contributed by atoms with Crippen molar-refractivity contribution in [1.29, 1.82) is 0 Å². The Kier molecular flexibility index (Phi) is 2.48. The Balaban J connectivity index is 2.06. The third kappa shape index (κ3) is 1.57. The zero-order valence-corrected chi connectivity index (χ0v) is 10.1. The maximum absolute atomic E-state index is 11.9. The van der Waals surface area contributed by atoms with Crippen molar-refractivity contribution in [1.82, 2.24) is 0 Å². The molecule has 0 spiro atoms. The molecule has 1 N–H and O–H groups in total. The van der Waals surface area contributed by atoms with E-state index in [0.29, 0.717) is 5.02 Å². The summed E-state index contributed by atoms with van der Waals surface area (Å²) in [4.78, 5) is 14.1. The van der Waals surface area contributed by atoms with Crippen LogP contribution in [0.3, 0.4) is 0 Å². The molecule has 1 unspecified atom stereocenters. The number of nitrogens with one attached hydrogen (secondary N) is 1. The Labute approximate surface area is 103 Å². The molecule has 0 saturated carbocycles. The van der Waals surface area contributed by atoms with Crippen LogP contribution in [-0.2, 0) is 4.79 Å². The van der Waals surface area contributed by atoms with Crippen molar-refractivity contribution in [2.45, 2.75) is 6.04 Å². The zero-order chi connectivity index (χ0) is 11.1. The molecule has 1 saturated heterocycles. The van der Waals surface area contributed by atoms with Crippen LogP contribution in [-0.4, -0.2) is 30.0 Å². The van der Waals surface area contributed by atoms with E-state index in [1.807, 2.05) is 30.0 Å². The van der Waals surface area contributed by atoms with Crippen LogP contribution in [0.25, 0.3) is 0 Å². The van der Waals surface area contributed by atoms with Crippen LogP contribution in [0, 0.1) is 0 Å². The van der Waals surface area contributed by atoms with Crippen molar-refractivity contribution in [3.05, 3.63) is 23.2 Å². The number of fused-ring (bicyclic) bond motifs is 3. The van der Waals surface area contributed by atoms with Gasteiger partial charge in [-0.05, 0) is 18.2 Å². The summed E-state index contributed by atoms with van der Waals surface area (Å²) in [5.41, 5.74) is 1.93. The number of thioether (sulfide) groups is 1. The number of anilines is 2. The smallest absolute Gasteiger partial charge is 0.247 e. The van der Waals surface area contributed by atoms with Crippen LogP contribution in [0.1, 0.15) is 0 Å². The lowest BCUT2D eigenvalue weighted by atomic mass is 10.1. The van der Waals surface area contributed by atoms with Gasteiger partial charge in [0.15, 0.2) is 0 Å². The summed E-state index contributed by atoms with van der Waals surface area (Å²) < 4.78 is 0. The Morgan fingerprint density at radius 2 is 2.38 bits per heavy atom. The molecule has 5 heteroatoms. The molecule has 0 aromatic heterocycles. The second kappa shape index (κ2) is 3.86. The van der Waals surface area contributed by atoms with Gasteiger partial charge in [-0.3, -0.25) is 4.79 Å². The van der Waals surface area contributed by atoms with Gasteiger partial charge in [0.2, 0.25) is 5.91 Å². The first-order chi connectivity index (χ1) is 7.75. The molecule has 1 atom stereocenters. The predicted octanol–water partition coefficient (Wildman–Crippen LogP) is 2.21. The van der Waals surface area contributed by atoms with Crippen LogP contribution in [0.5, 0.6) is 0 Å². The third-order valence-corrected chi connectivity index (χ3v) is 4.21. The number of rotatable bonds is 0. The highest BCUT2D eigenvalue weighted by molar-refractivity contribution is 7.99. The molecular formula is C11H11ClN2OS. The standard InChI is InChI=1S/C11H11ClN2OS/c12-7-1-2-9-8(5-7)13-11(15)10-6-16-4-3-14(9)10/h1-2,5,10H,3-4,6H2,(H,13,15). The number of amides is 1. The van der Waals surface area contributed by atoms with Gasteiger partial charge in [0.1, 0.15) is 6.04 Å². The van der Waals surface area contributed by atoms with Crippen LogP contribution >= 0.6 is 23.4 Å². The van der Waals surface area contributed by atoms with E-state index in [2.05, 4.69) is 10.2 Å². The van der Waals surface area contributed by atoms with E-state index in [9.17, 15) is 4.79 Å². The number of carbonyl (C=O) groups is 1. The second-order valence-electron chi connectivity index (χ2n) is 3.93. The summed E-state index contributed by atoms with van der Waals surface area (Å²) in [6, 6.07) is 5.65. The van der Waals surface area contributed by atoms with Gasteiger partial charge < -0.3 is 10.2 Å². The van der Waals surface area contributed by atoms with Crippen molar-refractivity contribution in [3.63, 3.8) is 0 Å². The number of halogens is 1. The Morgan fingerprint density at radius 1 is 1.50 bits per heavy atom. The van der Waals surface area contributed by atoms with Crippen molar-refractivity contribution >= 4 is 40.6 Å². The van der Waals surface area contributed by atoms with Crippen LogP contribution in [0.15, 0.2) is 18.2 Å². The summed E-state index contributed by atoms with van der Waals surface area (Å²) in [6.45, 7) is 0.928. The lowest BCUT2D eigenvalue weighted by Crippen LogP contribution is -2.52. The number of benzene rings is 1. The molecule has 0 bridgehead atoms. The fraction of sp³-hybridized carbons (Fsp3) is 0.364. The number of hydrogen-bond acceptors (Lipinski definition) is 3. The molecule has 1 aromatic carbocycles. The highest BCUT2D eigenvalue weighted by Crippen LogP contribution is 2.36. The molecular weight excluding hydrogens is 244 g/mol. The Morgan fingerprint density at radius 3 is 3.25 bits per heavy atom.